The van der Waals surface area contributed by atoms with E-state index in [9.17, 15) is 23.9 Å². The van der Waals surface area contributed by atoms with E-state index in [1.54, 1.807) is 24.3 Å². The maximum Gasteiger partial charge on any atom is 0.322 e. The number of piperidine rings is 1. The van der Waals surface area contributed by atoms with Gasteiger partial charge in [-0.3, -0.25) is 9.59 Å². The highest BCUT2D eigenvalue weighted by Crippen LogP contribution is 2.28. The maximum absolute atomic E-state index is 14.9. The molecule has 0 saturated carbocycles. The zero-order valence-corrected chi connectivity index (χ0v) is 19.8. The van der Waals surface area contributed by atoms with Gasteiger partial charge in [-0.25, -0.2) is 9.18 Å². The van der Waals surface area contributed by atoms with Gasteiger partial charge in [0.25, 0.3) is 5.91 Å². The fraction of sp³-hybridized carbons (Fsp3) is 0.375. The van der Waals surface area contributed by atoms with Crippen molar-refractivity contribution in [3.8, 4) is 0 Å². The lowest BCUT2D eigenvalue weighted by molar-refractivity contribution is -0.128. The van der Waals surface area contributed by atoms with Gasteiger partial charge in [0.05, 0.1) is 11.8 Å². The van der Waals surface area contributed by atoms with E-state index in [0.717, 1.165) is 6.07 Å². The third-order valence-corrected chi connectivity index (χ3v) is 6.44. The van der Waals surface area contributed by atoms with Gasteiger partial charge < -0.3 is 30.3 Å². The lowest BCUT2D eigenvalue weighted by Crippen LogP contribution is -2.45. The number of nitrogens with zero attached hydrogens (tertiary/aromatic N) is 2. The van der Waals surface area contributed by atoms with Crippen LogP contribution >= 0.6 is 11.6 Å². The molecule has 2 fully saturated rings. The minimum atomic E-state index is -1.10. The number of aliphatic hydroxyl groups is 1. The summed E-state index contributed by atoms with van der Waals surface area (Å²) in [6.07, 6.45) is -0.241. The number of hydrogen-bond donors (Lipinski definition) is 3. The van der Waals surface area contributed by atoms with Crippen molar-refractivity contribution in [2.75, 3.05) is 35.7 Å². The van der Waals surface area contributed by atoms with Gasteiger partial charge in [-0.05, 0) is 55.3 Å². The molecule has 0 spiro atoms. The molecule has 9 nitrogen and oxygen atoms in total. The van der Waals surface area contributed by atoms with Gasteiger partial charge >= 0.3 is 6.03 Å². The topological polar surface area (TPSA) is 111 Å². The van der Waals surface area contributed by atoms with Crippen molar-refractivity contribution >= 4 is 46.5 Å². The standard InChI is InChI=1S/C24H26ClFN4O5/c1-35-17-12-20(30(13-17)24(34)27-15-6-4-14(25)5-7-15)22(32)28-19-9-8-16(11-18(19)26)29-10-2-3-21(31)23(29)33/h4-9,11,17,20-21,31H,2-3,10,12-13H2,1H3,(H,27,34)(H,28,32). The average molecular weight is 505 g/mol. The number of ether oxygens (including phenoxy) is 1. The molecule has 0 aliphatic carbocycles. The second-order valence-electron chi connectivity index (χ2n) is 8.50. The Morgan fingerprint density at radius 3 is 2.60 bits per heavy atom. The maximum atomic E-state index is 14.9. The van der Waals surface area contributed by atoms with Crippen molar-refractivity contribution in [3.05, 3.63) is 53.3 Å². The summed E-state index contributed by atoms with van der Waals surface area (Å²) in [4.78, 5) is 40.8. The molecule has 2 aliphatic heterocycles. The second kappa shape index (κ2) is 10.6. The number of methoxy groups -OCH3 is 1. The van der Waals surface area contributed by atoms with Crippen molar-refractivity contribution in [2.24, 2.45) is 0 Å². The van der Waals surface area contributed by atoms with Crippen LogP contribution in [0.15, 0.2) is 42.5 Å². The first-order valence-electron chi connectivity index (χ1n) is 11.2. The molecular weight excluding hydrogens is 479 g/mol. The minimum Gasteiger partial charge on any atom is -0.383 e. The van der Waals surface area contributed by atoms with E-state index in [2.05, 4.69) is 10.6 Å². The Hall–Kier alpha value is -3.21. The van der Waals surface area contributed by atoms with Crippen LogP contribution < -0.4 is 15.5 Å². The van der Waals surface area contributed by atoms with E-state index in [-0.39, 0.29) is 24.8 Å². The molecule has 2 aromatic carbocycles. The molecule has 2 saturated heterocycles. The van der Waals surface area contributed by atoms with Gasteiger partial charge in [-0.2, -0.15) is 0 Å². The smallest absolute Gasteiger partial charge is 0.322 e. The Morgan fingerprint density at radius 2 is 1.91 bits per heavy atom. The van der Waals surface area contributed by atoms with Crippen LogP contribution in [0.2, 0.25) is 5.02 Å². The summed E-state index contributed by atoms with van der Waals surface area (Å²) < 4.78 is 20.2. The lowest BCUT2D eigenvalue weighted by atomic mass is 10.1. The SMILES string of the molecule is COC1CC(C(=O)Nc2ccc(N3CCCC(O)C3=O)cc2F)N(C(=O)Nc2ccc(Cl)cc2)C1. The fourth-order valence-corrected chi connectivity index (χ4v) is 4.40. The number of rotatable bonds is 5. The second-order valence-corrected chi connectivity index (χ2v) is 8.94. The van der Waals surface area contributed by atoms with Gasteiger partial charge in [0.2, 0.25) is 5.91 Å². The Morgan fingerprint density at radius 1 is 1.17 bits per heavy atom. The number of aliphatic hydroxyl groups excluding tert-OH is 1. The Bertz CT molecular complexity index is 1120. The quantitative estimate of drug-likeness (QED) is 0.579. The molecule has 4 amide bonds. The van der Waals surface area contributed by atoms with Crippen LogP contribution in [-0.4, -0.2) is 66.3 Å². The van der Waals surface area contributed by atoms with Gasteiger partial charge in [0, 0.05) is 43.0 Å². The summed E-state index contributed by atoms with van der Waals surface area (Å²) in [5.74, 6) is -1.78. The van der Waals surface area contributed by atoms with Crippen molar-refractivity contribution in [3.63, 3.8) is 0 Å². The van der Waals surface area contributed by atoms with Gasteiger partial charge in [0.15, 0.2) is 0 Å². The predicted molar refractivity (Wildman–Crippen MR) is 129 cm³/mol. The van der Waals surface area contributed by atoms with Crippen LogP contribution in [-0.2, 0) is 14.3 Å². The summed E-state index contributed by atoms with van der Waals surface area (Å²) in [5.41, 5.74) is 0.731. The highest BCUT2D eigenvalue weighted by Gasteiger charge is 2.40. The molecular formula is C24H26ClFN4O5. The highest BCUT2D eigenvalue weighted by atomic mass is 35.5. The largest absolute Gasteiger partial charge is 0.383 e. The van der Waals surface area contributed by atoms with E-state index in [0.29, 0.717) is 35.8 Å². The van der Waals surface area contributed by atoms with Crippen molar-refractivity contribution in [1.29, 1.82) is 0 Å². The van der Waals surface area contributed by atoms with Crippen LogP contribution in [0.1, 0.15) is 19.3 Å². The molecule has 3 atom stereocenters. The monoisotopic (exact) mass is 504 g/mol. The zero-order valence-electron chi connectivity index (χ0n) is 19.0. The number of carbonyl (C=O) groups excluding carboxylic acids is 3. The molecule has 2 heterocycles. The number of halogens is 2. The van der Waals surface area contributed by atoms with E-state index in [1.807, 2.05) is 0 Å². The predicted octanol–water partition coefficient (Wildman–Crippen LogP) is 3.23. The summed E-state index contributed by atoms with van der Waals surface area (Å²) in [7, 11) is 1.50. The van der Waals surface area contributed by atoms with Crippen molar-refractivity contribution in [2.45, 2.75) is 37.5 Å². The van der Waals surface area contributed by atoms with Crippen LogP contribution in [0, 0.1) is 5.82 Å². The molecule has 11 heteroatoms. The highest BCUT2D eigenvalue weighted by molar-refractivity contribution is 6.30. The Balaban J connectivity index is 1.46. The van der Waals surface area contributed by atoms with Crippen molar-refractivity contribution in [1.82, 2.24) is 4.90 Å². The molecule has 0 radical (unpaired) electrons. The summed E-state index contributed by atoms with van der Waals surface area (Å²) in [5, 5.41) is 15.6. The molecule has 0 aromatic heterocycles. The first kappa shape index (κ1) is 24.9. The summed E-state index contributed by atoms with van der Waals surface area (Å²) >= 11 is 5.88. The number of anilines is 3. The zero-order chi connectivity index (χ0) is 25.1. The number of hydrogen-bond acceptors (Lipinski definition) is 5. The van der Waals surface area contributed by atoms with Gasteiger partial charge in [-0.15, -0.1) is 0 Å². The Kier molecular flexibility index (Phi) is 7.54. The molecule has 3 N–H and O–H groups in total. The van der Waals surface area contributed by atoms with E-state index in [4.69, 9.17) is 16.3 Å². The third kappa shape index (κ3) is 5.55. The molecule has 186 valence electrons. The minimum absolute atomic E-state index is 0.0808. The number of benzene rings is 2. The van der Waals surface area contributed by atoms with Crippen LogP contribution in [0.3, 0.4) is 0 Å². The third-order valence-electron chi connectivity index (χ3n) is 6.19. The Labute approximate surface area is 206 Å². The number of urea groups is 1. The molecule has 2 aromatic rings. The number of likely N-dealkylation sites (tertiary alicyclic amines) is 1. The molecule has 4 rings (SSSR count). The summed E-state index contributed by atoms with van der Waals surface area (Å²) in [6, 6.07) is 9.18. The normalized spacial score (nSPS) is 22.3. The number of carbonyl (C=O) groups is 3. The molecule has 35 heavy (non-hydrogen) atoms. The van der Waals surface area contributed by atoms with Crippen LogP contribution in [0.4, 0.5) is 26.2 Å². The van der Waals surface area contributed by atoms with Crippen molar-refractivity contribution < 1.29 is 28.6 Å². The summed E-state index contributed by atoms with van der Waals surface area (Å²) in [6.45, 7) is 0.564. The molecule has 0 bridgehead atoms. The lowest BCUT2D eigenvalue weighted by Gasteiger charge is -2.30. The van der Waals surface area contributed by atoms with Crippen LogP contribution in [0.25, 0.3) is 0 Å². The van der Waals surface area contributed by atoms with Gasteiger partial charge in [-0.1, -0.05) is 11.6 Å². The van der Waals surface area contributed by atoms with E-state index >= 15 is 0 Å². The number of nitrogens with one attached hydrogen (secondary N) is 2. The molecule has 2 aliphatic rings. The van der Waals surface area contributed by atoms with E-state index in [1.165, 1.54) is 29.0 Å². The molecule has 3 unspecified atom stereocenters. The first-order valence-corrected chi connectivity index (χ1v) is 11.6. The van der Waals surface area contributed by atoms with Crippen LogP contribution in [0.5, 0.6) is 0 Å². The average Bonchev–Trinajstić information content (AvgIpc) is 3.29. The number of amides is 4. The fourth-order valence-electron chi connectivity index (χ4n) is 4.27. The van der Waals surface area contributed by atoms with Gasteiger partial charge in [0.1, 0.15) is 18.0 Å². The first-order chi connectivity index (χ1) is 16.8. The van der Waals surface area contributed by atoms with E-state index < -0.39 is 35.8 Å².